The fourth-order valence-corrected chi connectivity index (χ4v) is 2.71. The van der Waals surface area contributed by atoms with Gasteiger partial charge >= 0.3 is 5.97 Å². The van der Waals surface area contributed by atoms with Gasteiger partial charge in [0.25, 0.3) is 0 Å². The molecule has 1 aromatic heterocycles. The maximum atomic E-state index is 13.6. The molecule has 0 spiro atoms. The summed E-state index contributed by atoms with van der Waals surface area (Å²) in [5.74, 6) is -0.793. The van der Waals surface area contributed by atoms with Crippen molar-refractivity contribution in [2.24, 2.45) is 0 Å². The summed E-state index contributed by atoms with van der Waals surface area (Å²) in [6.07, 6.45) is 1.65. The maximum Gasteiger partial charge on any atom is 0.338 e. The first-order valence-electron chi connectivity index (χ1n) is 7.72. The molecule has 3 rings (SSSR count). The zero-order valence-electron chi connectivity index (χ0n) is 13.5. The van der Waals surface area contributed by atoms with Crippen LogP contribution in [-0.2, 0) is 9.53 Å². The summed E-state index contributed by atoms with van der Waals surface area (Å²) in [6.45, 7) is 3.82. The molecular formula is C18H18FN3O2. The normalized spacial score (nSPS) is 16.5. The van der Waals surface area contributed by atoms with E-state index in [2.05, 4.69) is 15.6 Å². The number of fused-ring (bicyclic) bond motifs is 1. The standard InChI is InChI=1S/C18H18FN3O2/c1-3-24-18(23)16-11(2)21-13-8-7-12(19)10-15(13)22-17(16)14-6-4-5-9-20-14/h4-10,17,21-22H,3H2,1-2H3. The van der Waals surface area contributed by atoms with Gasteiger partial charge in [0.15, 0.2) is 0 Å². The largest absolute Gasteiger partial charge is 0.463 e. The second-order valence-electron chi connectivity index (χ2n) is 5.41. The van der Waals surface area contributed by atoms with Gasteiger partial charge in [-0.2, -0.15) is 0 Å². The van der Waals surface area contributed by atoms with Gasteiger partial charge in [0.1, 0.15) is 11.9 Å². The molecule has 2 aromatic rings. The summed E-state index contributed by atoms with van der Waals surface area (Å²) in [5, 5.41) is 6.37. The molecule has 0 saturated carbocycles. The van der Waals surface area contributed by atoms with E-state index in [1.54, 1.807) is 32.2 Å². The Labute approximate surface area is 139 Å². The lowest BCUT2D eigenvalue weighted by Gasteiger charge is -2.20. The number of pyridine rings is 1. The number of halogens is 1. The SMILES string of the molecule is CCOC(=O)C1=C(C)Nc2ccc(F)cc2NC1c1ccccn1. The van der Waals surface area contributed by atoms with Crippen LogP contribution in [0.2, 0.25) is 0 Å². The lowest BCUT2D eigenvalue weighted by Crippen LogP contribution is -2.22. The second-order valence-corrected chi connectivity index (χ2v) is 5.41. The van der Waals surface area contributed by atoms with E-state index in [9.17, 15) is 9.18 Å². The van der Waals surface area contributed by atoms with Crippen molar-refractivity contribution in [3.63, 3.8) is 0 Å². The lowest BCUT2D eigenvalue weighted by atomic mass is 10.0. The van der Waals surface area contributed by atoms with Crippen molar-refractivity contribution in [1.29, 1.82) is 0 Å². The Morgan fingerprint density at radius 3 is 2.83 bits per heavy atom. The number of nitrogens with one attached hydrogen (secondary N) is 2. The molecule has 0 bridgehead atoms. The maximum absolute atomic E-state index is 13.6. The van der Waals surface area contributed by atoms with Gasteiger partial charge in [-0.1, -0.05) is 6.07 Å². The van der Waals surface area contributed by atoms with Gasteiger partial charge < -0.3 is 15.4 Å². The van der Waals surface area contributed by atoms with E-state index < -0.39 is 12.0 Å². The van der Waals surface area contributed by atoms with Crippen LogP contribution in [0.1, 0.15) is 25.6 Å². The molecule has 24 heavy (non-hydrogen) atoms. The molecule has 0 fully saturated rings. The highest BCUT2D eigenvalue weighted by Crippen LogP contribution is 2.36. The molecule has 0 saturated heterocycles. The molecule has 2 N–H and O–H groups in total. The van der Waals surface area contributed by atoms with Crippen molar-refractivity contribution in [2.45, 2.75) is 19.9 Å². The van der Waals surface area contributed by atoms with Crippen LogP contribution in [0, 0.1) is 5.82 Å². The molecule has 124 valence electrons. The van der Waals surface area contributed by atoms with E-state index in [1.165, 1.54) is 12.1 Å². The van der Waals surface area contributed by atoms with E-state index in [4.69, 9.17) is 4.74 Å². The average Bonchev–Trinajstić information content (AvgIpc) is 2.71. The summed E-state index contributed by atoms with van der Waals surface area (Å²) in [7, 11) is 0. The van der Waals surface area contributed by atoms with Gasteiger partial charge in [-0.05, 0) is 44.2 Å². The van der Waals surface area contributed by atoms with Gasteiger partial charge in [-0.25, -0.2) is 9.18 Å². The van der Waals surface area contributed by atoms with Gasteiger partial charge in [-0.15, -0.1) is 0 Å². The van der Waals surface area contributed by atoms with Gasteiger partial charge in [0.05, 0.1) is 29.2 Å². The summed E-state index contributed by atoms with van der Waals surface area (Å²) in [6, 6.07) is 9.30. The highest BCUT2D eigenvalue weighted by Gasteiger charge is 2.30. The van der Waals surface area contributed by atoms with Crippen molar-refractivity contribution in [3.8, 4) is 0 Å². The first kappa shape index (κ1) is 16.0. The van der Waals surface area contributed by atoms with Crippen LogP contribution in [0.3, 0.4) is 0 Å². The fourth-order valence-electron chi connectivity index (χ4n) is 2.71. The first-order chi connectivity index (χ1) is 11.6. The number of nitrogens with zero attached hydrogens (tertiary/aromatic N) is 1. The van der Waals surface area contributed by atoms with Crippen molar-refractivity contribution in [3.05, 3.63) is 65.4 Å². The monoisotopic (exact) mass is 327 g/mol. The Hall–Kier alpha value is -2.89. The summed E-state index contributed by atoms with van der Waals surface area (Å²) < 4.78 is 18.8. The number of aromatic nitrogens is 1. The van der Waals surface area contributed by atoms with Crippen LogP contribution in [0.5, 0.6) is 0 Å². The molecule has 1 aliphatic rings. The van der Waals surface area contributed by atoms with Crippen LogP contribution in [0.25, 0.3) is 0 Å². The molecule has 5 nitrogen and oxygen atoms in total. The highest BCUT2D eigenvalue weighted by atomic mass is 19.1. The molecule has 0 amide bonds. The number of carbonyl (C=O) groups is 1. The zero-order valence-corrected chi connectivity index (χ0v) is 13.5. The molecule has 0 aliphatic carbocycles. The summed E-state index contributed by atoms with van der Waals surface area (Å²) >= 11 is 0. The van der Waals surface area contributed by atoms with Crippen LogP contribution in [0.4, 0.5) is 15.8 Å². The van der Waals surface area contributed by atoms with Crippen LogP contribution in [-0.4, -0.2) is 17.6 Å². The molecule has 0 radical (unpaired) electrons. The van der Waals surface area contributed by atoms with E-state index in [0.717, 1.165) is 0 Å². The Morgan fingerprint density at radius 1 is 1.29 bits per heavy atom. The van der Waals surface area contributed by atoms with Crippen LogP contribution >= 0.6 is 0 Å². The first-order valence-corrected chi connectivity index (χ1v) is 7.72. The van der Waals surface area contributed by atoms with Crippen LogP contribution < -0.4 is 10.6 Å². The van der Waals surface area contributed by atoms with Crippen molar-refractivity contribution < 1.29 is 13.9 Å². The average molecular weight is 327 g/mol. The fraction of sp³-hybridized carbons (Fsp3) is 0.222. The van der Waals surface area contributed by atoms with Crippen molar-refractivity contribution >= 4 is 17.3 Å². The molecule has 1 aromatic carbocycles. The zero-order chi connectivity index (χ0) is 17.1. The Bertz CT molecular complexity index is 790. The van der Waals surface area contributed by atoms with Crippen LogP contribution in [0.15, 0.2) is 53.9 Å². The summed E-state index contributed by atoms with van der Waals surface area (Å²) in [4.78, 5) is 16.8. The molecule has 1 unspecified atom stereocenters. The Morgan fingerprint density at radius 2 is 2.12 bits per heavy atom. The van der Waals surface area contributed by atoms with Crippen molar-refractivity contribution in [2.75, 3.05) is 17.2 Å². The number of rotatable bonds is 3. The predicted octanol–water partition coefficient (Wildman–Crippen LogP) is 3.64. The predicted molar refractivity (Wildman–Crippen MR) is 90.0 cm³/mol. The smallest absolute Gasteiger partial charge is 0.338 e. The number of hydrogen-bond donors (Lipinski definition) is 2. The number of benzene rings is 1. The lowest BCUT2D eigenvalue weighted by molar-refractivity contribution is -0.138. The molecule has 2 heterocycles. The number of hydrogen-bond acceptors (Lipinski definition) is 5. The molecule has 6 heteroatoms. The third-order valence-corrected chi connectivity index (χ3v) is 3.78. The number of esters is 1. The number of anilines is 2. The topological polar surface area (TPSA) is 63.2 Å². The highest BCUT2D eigenvalue weighted by molar-refractivity contribution is 5.94. The third-order valence-electron chi connectivity index (χ3n) is 3.78. The molecule has 1 atom stereocenters. The number of carbonyl (C=O) groups excluding carboxylic acids is 1. The third kappa shape index (κ3) is 3.08. The van der Waals surface area contributed by atoms with E-state index in [-0.39, 0.29) is 12.4 Å². The minimum absolute atomic E-state index is 0.270. The number of ether oxygens (including phenoxy) is 1. The second kappa shape index (κ2) is 6.70. The van der Waals surface area contributed by atoms with Crippen molar-refractivity contribution in [1.82, 2.24) is 4.98 Å². The van der Waals surface area contributed by atoms with Gasteiger partial charge in [0, 0.05) is 11.9 Å². The van der Waals surface area contributed by atoms with E-state index in [0.29, 0.717) is 28.3 Å². The molecular weight excluding hydrogens is 309 g/mol. The Kier molecular flexibility index (Phi) is 4.46. The summed E-state index contributed by atoms with van der Waals surface area (Å²) in [5.41, 5.74) is 2.96. The number of allylic oxidation sites excluding steroid dienone is 1. The quantitative estimate of drug-likeness (QED) is 0.843. The van der Waals surface area contributed by atoms with E-state index in [1.807, 2.05) is 12.1 Å². The van der Waals surface area contributed by atoms with Gasteiger partial charge in [0.2, 0.25) is 0 Å². The minimum Gasteiger partial charge on any atom is -0.463 e. The molecule has 1 aliphatic heterocycles. The Balaban J connectivity index is 2.12. The minimum atomic E-state index is -0.541. The van der Waals surface area contributed by atoms with E-state index >= 15 is 0 Å². The van der Waals surface area contributed by atoms with Gasteiger partial charge in [-0.3, -0.25) is 4.98 Å².